The molecule has 0 radical (unpaired) electrons. The summed E-state index contributed by atoms with van der Waals surface area (Å²) in [6.45, 7) is 0. The monoisotopic (exact) mass is 449 g/mol. The van der Waals surface area contributed by atoms with Crippen LogP contribution in [0.25, 0.3) is 69.2 Å². The normalized spacial score (nSPS) is 12.1. The number of nitrogens with zero attached hydrogens (tertiary/aromatic N) is 1. The minimum atomic E-state index is 1.21. The molecule has 0 amide bonds. The summed E-state index contributed by atoms with van der Waals surface area (Å²) >= 11 is 1.89. The standard InChI is InChI=1S/C32H19NS/c1-3-9-23-20(7-1)14-18-29-31(23)27-17-15-22(19-30(27)34-29)33-28-12-6-5-11-25(28)26-16-13-21-8-2-4-10-24(21)32(26)33/h1-19H. The van der Waals surface area contributed by atoms with Crippen LogP contribution >= 0.6 is 11.3 Å². The van der Waals surface area contributed by atoms with Gasteiger partial charge in [-0.15, -0.1) is 11.3 Å². The van der Waals surface area contributed by atoms with Gasteiger partial charge in [-0.3, -0.25) is 0 Å². The quantitative estimate of drug-likeness (QED) is 0.235. The molecule has 0 aliphatic heterocycles. The Morgan fingerprint density at radius 1 is 0.471 bits per heavy atom. The molecule has 2 heteroatoms. The van der Waals surface area contributed by atoms with Gasteiger partial charge in [-0.25, -0.2) is 0 Å². The molecule has 1 nitrogen and oxygen atoms in total. The van der Waals surface area contributed by atoms with E-state index in [1.54, 1.807) is 0 Å². The van der Waals surface area contributed by atoms with E-state index < -0.39 is 0 Å². The van der Waals surface area contributed by atoms with Crippen LogP contribution in [-0.2, 0) is 0 Å². The molecule has 0 bridgehead atoms. The molecule has 0 saturated heterocycles. The van der Waals surface area contributed by atoms with Gasteiger partial charge >= 0.3 is 0 Å². The number of hydrogen-bond donors (Lipinski definition) is 0. The number of para-hydroxylation sites is 1. The first-order chi connectivity index (χ1) is 16.9. The van der Waals surface area contributed by atoms with Gasteiger partial charge in [0.25, 0.3) is 0 Å². The third-order valence-corrected chi connectivity index (χ3v) is 8.28. The molecule has 0 unspecified atom stereocenters. The first-order valence-electron chi connectivity index (χ1n) is 11.6. The number of benzene rings is 6. The minimum absolute atomic E-state index is 1.21. The average Bonchev–Trinajstić information content (AvgIpc) is 3.44. The lowest BCUT2D eigenvalue weighted by molar-refractivity contribution is 1.19. The molecule has 2 aromatic heterocycles. The fraction of sp³-hybridized carbons (Fsp3) is 0. The van der Waals surface area contributed by atoms with Crippen LogP contribution in [0.4, 0.5) is 0 Å². The third-order valence-electron chi connectivity index (χ3n) is 7.16. The predicted molar refractivity (Wildman–Crippen MR) is 149 cm³/mol. The molecule has 158 valence electrons. The number of thiophene rings is 1. The van der Waals surface area contributed by atoms with E-state index in [1.807, 2.05) is 11.3 Å². The van der Waals surface area contributed by atoms with Crippen molar-refractivity contribution in [1.29, 1.82) is 0 Å². The minimum Gasteiger partial charge on any atom is -0.309 e. The van der Waals surface area contributed by atoms with Crippen LogP contribution in [0.15, 0.2) is 115 Å². The topological polar surface area (TPSA) is 4.93 Å². The molecule has 2 heterocycles. The van der Waals surface area contributed by atoms with E-state index in [0.717, 1.165) is 0 Å². The lowest BCUT2D eigenvalue weighted by atomic mass is 10.0. The molecule has 0 aliphatic rings. The first kappa shape index (κ1) is 18.3. The zero-order valence-corrected chi connectivity index (χ0v) is 19.1. The maximum Gasteiger partial charge on any atom is 0.0619 e. The zero-order chi connectivity index (χ0) is 22.2. The number of fused-ring (bicyclic) bond motifs is 10. The van der Waals surface area contributed by atoms with Crippen molar-refractivity contribution >= 4 is 74.9 Å². The van der Waals surface area contributed by atoms with E-state index in [1.165, 1.54) is 69.2 Å². The smallest absolute Gasteiger partial charge is 0.0619 e. The maximum absolute atomic E-state index is 2.45. The molecule has 0 atom stereocenters. The fourth-order valence-corrected chi connectivity index (χ4v) is 6.83. The molecule has 0 spiro atoms. The second-order valence-corrected chi connectivity index (χ2v) is 10.1. The summed E-state index contributed by atoms with van der Waals surface area (Å²) in [5, 5.41) is 10.5. The van der Waals surface area contributed by atoms with Gasteiger partial charge in [0.2, 0.25) is 0 Å². The predicted octanol–water partition coefficient (Wildman–Crippen LogP) is 9.46. The van der Waals surface area contributed by atoms with Gasteiger partial charge < -0.3 is 4.57 Å². The largest absolute Gasteiger partial charge is 0.309 e. The highest BCUT2D eigenvalue weighted by Crippen LogP contribution is 2.41. The van der Waals surface area contributed by atoms with E-state index in [9.17, 15) is 0 Å². The van der Waals surface area contributed by atoms with Gasteiger partial charge in [-0.1, -0.05) is 91.0 Å². The summed E-state index contributed by atoms with van der Waals surface area (Å²) in [6, 6.07) is 42.2. The van der Waals surface area contributed by atoms with Crippen molar-refractivity contribution in [3.63, 3.8) is 0 Å². The highest BCUT2D eigenvalue weighted by molar-refractivity contribution is 7.26. The van der Waals surface area contributed by atoms with Gasteiger partial charge in [-0.2, -0.15) is 0 Å². The Kier molecular flexibility index (Phi) is 3.60. The van der Waals surface area contributed by atoms with Gasteiger partial charge in [-0.05, 0) is 40.4 Å². The van der Waals surface area contributed by atoms with Crippen LogP contribution < -0.4 is 0 Å². The van der Waals surface area contributed by atoms with Gasteiger partial charge in [0.05, 0.1) is 11.0 Å². The molecule has 6 aromatic carbocycles. The van der Waals surface area contributed by atoms with Crippen LogP contribution in [0.2, 0.25) is 0 Å². The van der Waals surface area contributed by atoms with Crippen molar-refractivity contribution in [2.45, 2.75) is 0 Å². The first-order valence-corrected chi connectivity index (χ1v) is 12.4. The molecular weight excluding hydrogens is 430 g/mol. The zero-order valence-electron chi connectivity index (χ0n) is 18.3. The van der Waals surface area contributed by atoms with Crippen LogP contribution in [-0.4, -0.2) is 4.57 Å². The summed E-state index contributed by atoms with van der Waals surface area (Å²) < 4.78 is 5.13. The Labute approximate surface area is 200 Å². The van der Waals surface area contributed by atoms with Gasteiger partial charge in [0, 0.05) is 42.0 Å². The van der Waals surface area contributed by atoms with Crippen molar-refractivity contribution < 1.29 is 0 Å². The summed E-state index contributed by atoms with van der Waals surface area (Å²) in [4.78, 5) is 0. The third kappa shape index (κ3) is 2.38. The van der Waals surface area contributed by atoms with Crippen molar-refractivity contribution in [2.24, 2.45) is 0 Å². The van der Waals surface area contributed by atoms with Gasteiger partial charge in [0.1, 0.15) is 0 Å². The lowest BCUT2D eigenvalue weighted by Gasteiger charge is -2.10. The van der Waals surface area contributed by atoms with Crippen LogP contribution in [0.1, 0.15) is 0 Å². The summed E-state index contributed by atoms with van der Waals surface area (Å²) in [5.74, 6) is 0. The number of hydrogen-bond acceptors (Lipinski definition) is 1. The van der Waals surface area contributed by atoms with Crippen LogP contribution in [0.5, 0.6) is 0 Å². The number of aromatic nitrogens is 1. The Hall–Kier alpha value is -4.14. The second-order valence-electron chi connectivity index (χ2n) is 8.98. The highest BCUT2D eigenvalue weighted by Gasteiger charge is 2.16. The molecule has 8 aromatic rings. The molecule has 0 aliphatic carbocycles. The van der Waals surface area contributed by atoms with Crippen molar-refractivity contribution in [2.75, 3.05) is 0 Å². The summed E-state index contributed by atoms with van der Waals surface area (Å²) in [6.07, 6.45) is 0. The molecule has 8 rings (SSSR count). The van der Waals surface area contributed by atoms with E-state index in [4.69, 9.17) is 0 Å². The van der Waals surface area contributed by atoms with Crippen molar-refractivity contribution in [1.82, 2.24) is 4.57 Å². The highest BCUT2D eigenvalue weighted by atomic mass is 32.1. The van der Waals surface area contributed by atoms with Crippen molar-refractivity contribution in [3.05, 3.63) is 115 Å². The van der Waals surface area contributed by atoms with Crippen LogP contribution in [0.3, 0.4) is 0 Å². The number of rotatable bonds is 1. The average molecular weight is 450 g/mol. The van der Waals surface area contributed by atoms with E-state index in [2.05, 4.69) is 120 Å². The van der Waals surface area contributed by atoms with E-state index >= 15 is 0 Å². The molecule has 0 N–H and O–H groups in total. The maximum atomic E-state index is 2.45. The molecule has 0 saturated carbocycles. The van der Waals surface area contributed by atoms with Gasteiger partial charge in [0.15, 0.2) is 0 Å². The van der Waals surface area contributed by atoms with Crippen molar-refractivity contribution in [3.8, 4) is 5.69 Å². The summed E-state index contributed by atoms with van der Waals surface area (Å²) in [7, 11) is 0. The SMILES string of the molecule is c1ccc2c(c1)ccc1sc3cc(-n4c5ccccc5c5ccc6ccccc6c54)ccc3c12. The fourth-order valence-electron chi connectivity index (χ4n) is 5.67. The van der Waals surface area contributed by atoms with E-state index in [-0.39, 0.29) is 0 Å². The molecule has 34 heavy (non-hydrogen) atoms. The van der Waals surface area contributed by atoms with E-state index in [0.29, 0.717) is 0 Å². The lowest BCUT2D eigenvalue weighted by Crippen LogP contribution is -1.94. The Bertz CT molecular complexity index is 2070. The Morgan fingerprint density at radius 2 is 1.15 bits per heavy atom. The molecule has 0 fully saturated rings. The molecular formula is C32H19NS. The second kappa shape index (κ2) is 6.69. The Balaban J connectivity index is 1.51. The Morgan fingerprint density at radius 3 is 2.03 bits per heavy atom. The van der Waals surface area contributed by atoms with Crippen LogP contribution in [0, 0.1) is 0 Å². The summed E-state index contributed by atoms with van der Waals surface area (Å²) in [5.41, 5.74) is 3.75.